The van der Waals surface area contributed by atoms with Crippen molar-refractivity contribution < 1.29 is 237 Å². The number of nitrogens with zero attached hydrogens (tertiary/aromatic N) is 2. The Morgan fingerprint density at radius 1 is 0.458 bits per heavy atom. The van der Waals surface area contributed by atoms with Crippen molar-refractivity contribution in [3.8, 4) is 0 Å². The van der Waals surface area contributed by atoms with E-state index in [4.69, 9.17) is 0 Å². The Morgan fingerprint density at radius 3 is 0.979 bits per heavy atom. The molecule has 1 atom stereocenters. The van der Waals surface area contributed by atoms with Crippen LogP contribution in [0.15, 0.2) is 0 Å². The summed E-state index contributed by atoms with van der Waals surface area (Å²) in [7, 11) is -9.83. The van der Waals surface area contributed by atoms with Crippen molar-refractivity contribution in [2.24, 2.45) is 0 Å². The van der Waals surface area contributed by atoms with Crippen molar-refractivity contribution in [1.82, 2.24) is 9.87 Å². The van der Waals surface area contributed by atoms with E-state index in [9.17, 15) is 134 Å². The standard InChI is InChI=1S/C13H2F24N2O6S.2K/c14-3(15,1(40)41)5(17,18)4(16,2(42)43)38(36)39(37)46(44,45)13(34,35)11(29,30)9(25,26)7(21,22)6(19,20)8(23,24)10(27,28)12(31,32)33;;/h(H,40,41)(H,42,43);;/q;2*+1/p-2/t4-;;/m1../s1. The molecule has 0 heterocycles. The molecule has 0 aromatic heterocycles. The van der Waals surface area contributed by atoms with Gasteiger partial charge in [0.15, 0.2) is 0 Å². The Kier molecular flexibility index (Phi) is 15.7. The first-order chi connectivity index (χ1) is 19.5. The molecule has 0 aliphatic rings. The molecule has 35 heteroatoms. The minimum absolute atomic E-state index is 0. The van der Waals surface area contributed by atoms with Crippen molar-refractivity contribution >= 4 is 22.0 Å². The topological polar surface area (TPSA) is 121 Å². The predicted molar refractivity (Wildman–Crippen MR) is 79.2 cm³/mol. The van der Waals surface area contributed by atoms with Crippen LogP contribution in [0.1, 0.15) is 0 Å². The van der Waals surface area contributed by atoms with Gasteiger partial charge in [0.05, 0.1) is 4.64 Å². The first-order valence-corrected chi connectivity index (χ1v) is 10.6. The van der Waals surface area contributed by atoms with E-state index in [1.165, 1.54) is 0 Å². The number of hydrogen-bond acceptors (Lipinski definition) is 7. The Morgan fingerprint density at radius 2 is 0.729 bits per heavy atom. The Balaban J connectivity index is -0.0000101. The normalized spacial score (nSPS) is 16.6. The quantitative estimate of drug-likeness (QED) is 0.0603. The summed E-state index contributed by atoms with van der Waals surface area (Å²) in [6.07, 6.45) is -8.23. The Labute approximate surface area is 329 Å². The van der Waals surface area contributed by atoms with Crippen molar-refractivity contribution in [3.05, 3.63) is 0 Å². The summed E-state index contributed by atoms with van der Waals surface area (Å²) in [6, 6.07) is 0. The van der Waals surface area contributed by atoms with Crippen LogP contribution >= 0.6 is 0 Å². The molecule has 0 aromatic rings. The van der Waals surface area contributed by atoms with Crippen LogP contribution in [0.3, 0.4) is 0 Å². The summed E-state index contributed by atoms with van der Waals surface area (Å²) in [5, 5.41) is 6.58. The number of alkyl halides is 22. The predicted octanol–water partition coefficient (Wildman–Crippen LogP) is -2.98. The van der Waals surface area contributed by atoms with Gasteiger partial charge in [-0.25, -0.2) is 12.8 Å². The van der Waals surface area contributed by atoms with E-state index in [1.807, 2.05) is 0 Å². The zero-order valence-electron chi connectivity index (χ0n) is 21.3. The van der Waals surface area contributed by atoms with Gasteiger partial charge in [0.1, 0.15) is 11.9 Å². The molecule has 0 bridgehead atoms. The SMILES string of the molecule is O=C([O-])C(F)(F)C(F)(F)[C@@](F)(C(=O)[O-])N(F)N(F)S(=O)(=O)C(F)(F)C(F)(F)C(F)(F)C(F)(F)C(F)(F)C(F)(F)C(F)(F)C(F)(F)F.[K+].[K+]. The van der Waals surface area contributed by atoms with Crippen LogP contribution < -0.4 is 113 Å². The molecule has 0 rings (SSSR count). The van der Waals surface area contributed by atoms with Crippen molar-refractivity contribution in [3.63, 3.8) is 0 Å². The third-order valence-corrected chi connectivity index (χ3v) is 6.39. The number of hydrogen-bond donors (Lipinski definition) is 0. The van der Waals surface area contributed by atoms with E-state index in [2.05, 4.69) is 0 Å². The van der Waals surface area contributed by atoms with Gasteiger partial charge in [-0.2, -0.15) is 92.2 Å². The number of rotatable bonds is 14. The minimum Gasteiger partial charge on any atom is -0.545 e. The molecule has 0 fully saturated rings. The second kappa shape index (κ2) is 14.3. The largest absolute Gasteiger partial charge is 1.00 e. The second-order valence-electron chi connectivity index (χ2n) is 7.77. The number of aliphatic carboxylic acids is 2. The Bertz CT molecular complexity index is 1320. The first kappa shape index (κ1) is 52.8. The van der Waals surface area contributed by atoms with E-state index < -0.39 is 96.4 Å². The molecule has 0 amide bonds. The van der Waals surface area contributed by atoms with Crippen LogP contribution in [0, 0.1) is 0 Å². The van der Waals surface area contributed by atoms with Gasteiger partial charge in [-0.3, -0.25) is 0 Å². The smallest absolute Gasteiger partial charge is 0.545 e. The molecule has 8 nitrogen and oxygen atoms in total. The third-order valence-electron chi connectivity index (χ3n) is 4.95. The molecule has 0 aromatic carbocycles. The number of carbonyl (C=O) groups excluding carboxylic acids is 2. The maximum Gasteiger partial charge on any atom is 1.00 e. The van der Waals surface area contributed by atoms with Gasteiger partial charge in [-0.05, 0) is 0 Å². The van der Waals surface area contributed by atoms with Gasteiger partial charge in [-0.1, -0.05) is 4.48 Å². The summed E-state index contributed by atoms with van der Waals surface area (Å²) >= 11 is 0. The minimum atomic E-state index is -9.83. The number of sulfonamides is 1. The fourth-order valence-corrected chi connectivity index (χ4v) is 3.21. The number of carboxylic acid groups (broad SMARTS) is 2. The molecule has 0 aliphatic carbocycles. The molecule has 0 aliphatic heterocycles. The number of halogens is 24. The maximum absolute atomic E-state index is 14.1. The third kappa shape index (κ3) is 6.82. The summed E-state index contributed by atoms with van der Waals surface area (Å²) < 4.78 is 337. The molecule has 48 heavy (non-hydrogen) atoms. The van der Waals surface area contributed by atoms with Gasteiger partial charge >= 0.3 is 177 Å². The van der Waals surface area contributed by atoms with Crippen molar-refractivity contribution in [2.45, 2.75) is 64.6 Å². The van der Waals surface area contributed by atoms with Gasteiger partial charge in [0.2, 0.25) is 0 Å². The first-order valence-electron chi connectivity index (χ1n) is 9.21. The van der Waals surface area contributed by atoms with E-state index in [1.54, 1.807) is 0 Å². The van der Waals surface area contributed by atoms with E-state index in [0.717, 1.165) is 0 Å². The number of carboxylic acids is 2. The van der Waals surface area contributed by atoms with Crippen LogP contribution in [0.25, 0.3) is 0 Å². The van der Waals surface area contributed by atoms with Crippen molar-refractivity contribution in [1.29, 1.82) is 0 Å². The molecule has 274 valence electrons. The van der Waals surface area contributed by atoms with Crippen LogP contribution in [0.4, 0.5) is 106 Å². The molecule has 0 saturated heterocycles. The fourth-order valence-electron chi connectivity index (χ4n) is 2.26. The van der Waals surface area contributed by atoms with Gasteiger partial charge < -0.3 is 19.8 Å². The van der Waals surface area contributed by atoms with Crippen LogP contribution in [-0.2, 0) is 19.6 Å². The molecular weight excluding hydrogens is 846 g/mol. The van der Waals surface area contributed by atoms with Gasteiger partial charge in [-0.15, -0.1) is 4.48 Å². The van der Waals surface area contributed by atoms with Gasteiger partial charge in [0.25, 0.3) is 0 Å². The monoisotopic (exact) mass is 846 g/mol. The number of carbonyl (C=O) groups is 2. The zero-order valence-corrected chi connectivity index (χ0v) is 28.4. The maximum atomic E-state index is 14.1. The molecule has 0 spiro atoms. The summed E-state index contributed by atoms with van der Waals surface area (Å²) in [4.78, 5) is 20.5. The number of hydrazine groups is 1. The summed E-state index contributed by atoms with van der Waals surface area (Å²) in [5.74, 6) is -89.8. The molecule has 0 radical (unpaired) electrons. The second-order valence-corrected chi connectivity index (χ2v) is 9.53. The molecule has 0 N–H and O–H groups in total. The summed E-state index contributed by atoms with van der Waals surface area (Å²) in [6.45, 7) is 0. The average Bonchev–Trinajstić information content (AvgIpc) is 2.84. The average molecular weight is 846 g/mol. The van der Waals surface area contributed by atoms with Gasteiger partial charge in [0, 0.05) is 5.23 Å². The van der Waals surface area contributed by atoms with Crippen LogP contribution in [0.2, 0.25) is 0 Å². The van der Waals surface area contributed by atoms with E-state index in [0.29, 0.717) is 0 Å². The van der Waals surface area contributed by atoms with E-state index in [-0.39, 0.29) is 103 Å². The Hall–Kier alpha value is 0.403. The molecule has 0 saturated carbocycles. The zero-order chi connectivity index (χ0) is 38.3. The van der Waals surface area contributed by atoms with Crippen LogP contribution in [0.5, 0.6) is 0 Å². The molecule has 0 unspecified atom stereocenters. The summed E-state index contributed by atoms with van der Waals surface area (Å²) in [5.41, 5.74) is 0. The van der Waals surface area contributed by atoms with Crippen LogP contribution in [-0.4, -0.2) is 94.8 Å². The van der Waals surface area contributed by atoms with Crippen molar-refractivity contribution in [2.75, 3.05) is 0 Å². The molecular formula is C13F24K2N2O6S. The van der Waals surface area contributed by atoms with E-state index >= 15 is 0 Å². The fraction of sp³-hybridized carbons (Fsp3) is 0.846.